The van der Waals surface area contributed by atoms with Crippen molar-refractivity contribution in [2.45, 2.75) is 19.6 Å². The number of halogens is 1. The van der Waals surface area contributed by atoms with E-state index in [4.69, 9.17) is 14.2 Å². The van der Waals surface area contributed by atoms with Crippen molar-refractivity contribution in [3.8, 4) is 5.75 Å². The Morgan fingerprint density at radius 3 is 2.18 bits per heavy atom. The van der Waals surface area contributed by atoms with E-state index in [-0.39, 0.29) is 12.2 Å². The van der Waals surface area contributed by atoms with Crippen LogP contribution in [-0.2, 0) is 20.9 Å². The second-order valence-corrected chi connectivity index (χ2v) is 8.31. The minimum atomic E-state index is -1.26. The van der Waals surface area contributed by atoms with Gasteiger partial charge in [-0.1, -0.05) is 42.5 Å². The molecule has 0 spiro atoms. The Balaban J connectivity index is 1.77. The number of carbonyl (C=O) groups excluding carboxylic acids is 3. The Kier molecular flexibility index (Phi) is 9.99. The number of hydrogen-bond acceptors (Lipinski definition) is 6. The summed E-state index contributed by atoms with van der Waals surface area (Å²) in [6.45, 7) is 1.52. The third-order valence-electron chi connectivity index (χ3n) is 5.60. The van der Waals surface area contributed by atoms with E-state index in [0.717, 1.165) is 11.6 Å². The molecule has 0 saturated carbocycles. The van der Waals surface area contributed by atoms with Crippen LogP contribution in [0, 0.1) is 5.92 Å². The number of anilines is 1. The van der Waals surface area contributed by atoms with Crippen LogP contribution in [0.15, 0.2) is 90.8 Å². The highest BCUT2D eigenvalue weighted by Crippen LogP contribution is 2.26. The van der Waals surface area contributed by atoms with Gasteiger partial charge in [-0.25, -0.2) is 14.0 Å². The molecular formula is C29H29FN2O6. The summed E-state index contributed by atoms with van der Waals surface area (Å²) in [5.74, 6) is -2.02. The van der Waals surface area contributed by atoms with Gasteiger partial charge in [0.25, 0.3) is 0 Å². The summed E-state index contributed by atoms with van der Waals surface area (Å²) >= 11 is 0. The molecule has 3 aromatic rings. The number of benzene rings is 3. The van der Waals surface area contributed by atoms with E-state index in [1.165, 1.54) is 45.4 Å². The lowest BCUT2D eigenvalue weighted by Crippen LogP contribution is -2.30. The normalized spacial score (nSPS) is 12.6. The zero-order valence-electron chi connectivity index (χ0n) is 21.3. The smallest absolute Gasteiger partial charge is 0.408 e. The van der Waals surface area contributed by atoms with Gasteiger partial charge in [-0.15, -0.1) is 0 Å². The van der Waals surface area contributed by atoms with Crippen LogP contribution in [0.2, 0.25) is 0 Å². The topological polar surface area (TPSA) is 103 Å². The number of methoxy groups -OCH3 is 2. The average Bonchev–Trinajstić information content (AvgIpc) is 2.95. The summed E-state index contributed by atoms with van der Waals surface area (Å²) in [5.41, 5.74) is 1.89. The minimum absolute atomic E-state index is 0.00727. The Labute approximate surface area is 220 Å². The summed E-state index contributed by atoms with van der Waals surface area (Å²) in [6.07, 6.45) is 0.268. The number of esters is 1. The number of rotatable bonds is 10. The average molecular weight is 521 g/mol. The largest absolute Gasteiger partial charge is 0.497 e. The first-order chi connectivity index (χ1) is 18.3. The molecule has 0 aliphatic rings. The molecule has 9 heteroatoms. The van der Waals surface area contributed by atoms with Gasteiger partial charge in [0.1, 0.15) is 24.2 Å². The molecule has 0 aromatic heterocycles. The predicted octanol–water partition coefficient (Wildman–Crippen LogP) is 5.58. The molecule has 0 saturated heterocycles. The van der Waals surface area contributed by atoms with Crippen LogP contribution in [0.1, 0.15) is 34.5 Å². The number of carbonyl (C=O) groups is 3. The Bertz CT molecular complexity index is 1260. The maximum Gasteiger partial charge on any atom is 0.408 e. The molecule has 3 rings (SSSR count). The van der Waals surface area contributed by atoms with E-state index in [2.05, 4.69) is 10.6 Å². The molecule has 0 fully saturated rings. The fraction of sp³-hybridized carbons (Fsp3) is 0.207. The van der Waals surface area contributed by atoms with Gasteiger partial charge in [0.2, 0.25) is 5.91 Å². The maximum absolute atomic E-state index is 15.6. The van der Waals surface area contributed by atoms with Crippen molar-refractivity contribution in [1.82, 2.24) is 5.32 Å². The van der Waals surface area contributed by atoms with E-state index in [9.17, 15) is 14.4 Å². The lowest BCUT2D eigenvalue weighted by Gasteiger charge is -2.19. The predicted molar refractivity (Wildman–Crippen MR) is 140 cm³/mol. The number of nitrogens with one attached hydrogen (secondary N) is 2. The maximum atomic E-state index is 15.6. The van der Waals surface area contributed by atoms with Gasteiger partial charge >= 0.3 is 12.1 Å². The van der Waals surface area contributed by atoms with Crippen molar-refractivity contribution in [2.75, 3.05) is 19.5 Å². The van der Waals surface area contributed by atoms with Gasteiger partial charge in [0.15, 0.2) is 0 Å². The van der Waals surface area contributed by atoms with Crippen molar-refractivity contribution < 1.29 is 33.0 Å². The third-order valence-corrected chi connectivity index (χ3v) is 5.60. The van der Waals surface area contributed by atoms with Crippen molar-refractivity contribution in [3.05, 3.63) is 107 Å². The molecule has 2 atom stereocenters. The number of ether oxygens (including phenoxy) is 3. The van der Waals surface area contributed by atoms with Crippen molar-refractivity contribution in [3.63, 3.8) is 0 Å². The SMILES string of the molecule is COC(=O)c1ccc(C(NC(=O)OCc2ccccc2)/C(F)=C/[C@@H](C)C(=O)Nc2ccc(OC)cc2)cc1. The Hall–Kier alpha value is -4.66. The van der Waals surface area contributed by atoms with Crippen LogP contribution in [0.5, 0.6) is 5.75 Å². The van der Waals surface area contributed by atoms with Gasteiger partial charge in [0, 0.05) is 5.69 Å². The number of alkyl carbamates (subject to hydrolysis) is 1. The first kappa shape index (κ1) is 27.9. The molecule has 1 unspecified atom stereocenters. The molecule has 0 bridgehead atoms. The van der Waals surface area contributed by atoms with Crippen molar-refractivity contribution in [1.29, 1.82) is 0 Å². The Morgan fingerprint density at radius 2 is 1.58 bits per heavy atom. The van der Waals surface area contributed by atoms with Crippen LogP contribution in [0.4, 0.5) is 14.9 Å². The lowest BCUT2D eigenvalue weighted by molar-refractivity contribution is -0.118. The van der Waals surface area contributed by atoms with E-state index in [1.54, 1.807) is 36.4 Å². The van der Waals surface area contributed by atoms with E-state index in [0.29, 0.717) is 17.0 Å². The highest BCUT2D eigenvalue weighted by molar-refractivity contribution is 5.93. The lowest BCUT2D eigenvalue weighted by atomic mass is 10.0. The zero-order chi connectivity index (χ0) is 27.5. The van der Waals surface area contributed by atoms with Gasteiger partial charge in [-0.05, 0) is 60.5 Å². The van der Waals surface area contributed by atoms with E-state index in [1.807, 2.05) is 18.2 Å². The van der Waals surface area contributed by atoms with Gasteiger partial charge in [0.05, 0.1) is 25.7 Å². The van der Waals surface area contributed by atoms with E-state index >= 15 is 4.39 Å². The van der Waals surface area contributed by atoms with Crippen LogP contribution >= 0.6 is 0 Å². The molecule has 2 N–H and O–H groups in total. The first-order valence-corrected chi connectivity index (χ1v) is 11.8. The summed E-state index contributed by atoms with van der Waals surface area (Å²) in [7, 11) is 2.79. The second-order valence-electron chi connectivity index (χ2n) is 8.31. The summed E-state index contributed by atoms with van der Waals surface area (Å²) < 4.78 is 30.6. The molecule has 38 heavy (non-hydrogen) atoms. The highest BCUT2D eigenvalue weighted by atomic mass is 19.1. The summed E-state index contributed by atoms with van der Waals surface area (Å²) in [6, 6.07) is 20.4. The molecule has 2 amide bonds. The van der Waals surface area contributed by atoms with Gasteiger partial charge < -0.3 is 24.8 Å². The van der Waals surface area contributed by atoms with Crippen LogP contribution in [0.25, 0.3) is 0 Å². The van der Waals surface area contributed by atoms with Crippen molar-refractivity contribution >= 4 is 23.7 Å². The van der Waals surface area contributed by atoms with Crippen LogP contribution in [0.3, 0.4) is 0 Å². The summed E-state index contributed by atoms with van der Waals surface area (Å²) in [4.78, 5) is 37.0. The molecular weight excluding hydrogens is 491 g/mol. The standard InChI is InChI=1S/C29H29FN2O6/c1-19(27(33)31-23-13-15-24(36-2)16-14-23)17-25(30)26(21-9-11-22(12-10-21)28(34)37-3)32-29(35)38-18-20-7-5-4-6-8-20/h4-17,19,26H,18H2,1-3H3,(H,31,33)(H,32,35)/b25-17-/t19-,26?/m1/s1. The zero-order valence-corrected chi connectivity index (χ0v) is 21.3. The Morgan fingerprint density at radius 1 is 0.921 bits per heavy atom. The quantitative estimate of drug-likeness (QED) is 0.339. The molecule has 8 nitrogen and oxygen atoms in total. The molecule has 0 heterocycles. The molecule has 3 aromatic carbocycles. The molecule has 0 aliphatic heterocycles. The molecule has 0 radical (unpaired) electrons. The van der Waals surface area contributed by atoms with Crippen LogP contribution < -0.4 is 15.4 Å². The second kappa shape index (κ2) is 13.6. The van der Waals surface area contributed by atoms with E-state index < -0.39 is 35.8 Å². The fourth-order valence-electron chi connectivity index (χ4n) is 3.46. The number of amides is 2. The molecule has 0 aliphatic carbocycles. The van der Waals surface area contributed by atoms with Gasteiger partial charge in [-0.3, -0.25) is 4.79 Å². The van der Waals surface area contributed by atoms with Crippen molar-refractivity contribution in [2.24, 2.45) is 5.92 Å². The fourth-order valence-corrected chi connectivity index (χ4v) is 3.46. The first-order valence-electron chi connectivity index (χ1n) is 11.8. The monoisotopic (exact) mass is 520 g/mol. The number of hydrogen-bond donors (Lipinski definition) is 2. The van der Waals surface area contributed by atoms with Gasteiger partial charge in [-0.2, -0.15) is 0 Å². The summed E-state index contributed by atoms with van der Waals surface area (Å²) in [5, 5.41) is 5.22. The minimum Gasteiger partial charge on any atom is -0.497 e. The molecule has 198 valence electrons. The highest BCUT2D eigenvalue weighted by Gasteiger charge is 2.23. The third kappa shape index (κ3) is 7.92. The van der Waals surface area contributed by atoms with Crippen LogP contribution in [-0.4, -0.2) is 32.2 Å².